The van der Waals surface area contributed by atoms with Gasteiger partial charge in [0.1, 0.15) is 5.54 Å². The predicted octanol–water partition coefficient (Wildman–Crippen LogP) is -0.327. The zero-order chi connectivity index (χ0) is 17.4. The first kappa shape index (κ1) is 18.2. The monoisotopic (exact) mass is 346 g/mol. The number of carbonyl (C=O) groups is 2. The summed E-state index contributed by atoms with van der Waals surface area (Å²) in [7, 11) is -1.55. The van der Waals surface area contributed by atoms with Gasteiger partial charge < -0.3 is 10.2 Å². The molecular weight excluding hydrogens is 320 g/mol. The van der Waals surface area contributed by atoms with Gasteiger partial charge in [-0.05, 0) is 39.8 Å². The van der Waals surface area contributed by atoms with E-state index in [-0.39, 0.29) is 18.0 Å². The maximum atomic E-state index is 12.1. The third-order valence-corrected chi connectivity index (χ3v) is 6.02. The molecule has 0 bridgehead atoms. The Morgan fingerprint density at radius 3 is 2.22 bits per heavy atom. The fraction of sp³-hybridized carbons (Fsp3) is 0.857. The molecule has 8 nitrogen and oxygen atoms in total. The summed E-state index contributed by atoms with van der Waals surface area (Å²) in [4.78, 5) is 27.4. The number of nitrogens with zero attached hydrogens (tertiary/aromatic N) is 3. The van der Waals surface area contributed by atoms with E-state index in [0.29, 0.717) is 13.1 Å². The molecule has 9 heteroatoms. The molecule has 0 atom stereocenters. The van der Waals surface area contributed by atoms with Gasteiger partial charge in [0, 0.05) is 26.2 Å². The summed E-state index contributed by atoms with van der Waals surface area (Å²) in [6, 6.07) is -0.316. The Morgan fingerprint density at radius 1 is 1.22 bits per heavy atom. The second-order valence-electron chi connectivity index (χ2n) is 6.86. The van der Waals surface area contributed by atoms with Crippen LogP contribution in [0.15, 0.2) is 0 Å². The number of sulfonamides is 1. The van der Waals surface area contributed by atoms with Crippen molar-refractivity contribution in [3.63, 3.8) is 0 Å². The van der Waals surface area contributed by atoms with E-state index in [1.165, 1.54) is 15.5 Å². The molecule has 0 radical (unpaired) electrons. The maximum absolute atomic E-state index is 12.1. The highest BCUT2D eigenvalue weighted by Gasteiger charge is 2.44. The SMILES string of the molecule is CN(C1CCN(CCN2C(=O)NC(C)(C)C2=O)CC1)S(C)(=O)=O. The Morgan fingerprint density at radius 2 is 1.78 bits per heavy atom. The van der Waals surface area contributed by atoms with Gasteiger partial charge in [0.25, 0.3) is 5.91 Å². The van der Waals surface area contributed by atoms with Gasteiger partial charge in [-0.3, -0.25) is 9.69 Å². The highest BCUT2D eigenvalue weighted by Crippen LogP contribution is 2.19. The summed E-state index contributed by atoms with van der Waals surface area (Å²) in [5.41, 5.74) is -0.831. The van der Waals surface area contributed by atoms with E-state index in [9.17, 15) is 18.0 Å². The number of likely N-dealkylation sites (tertiary alicyclic amines) is 1. The fourth-order valence-electron chi connectivity index (χ4n) is 3.04. The van der Waals surface area contributed by atoms with E-state index in [2.05, 4.69) is 10.2 Å². The number of imide groups is 1. The number of piperidine rings is 1. The third kappa shape index (κ3) is 4.02. The number of rotatable bonds is 5. The molecule has 23 heavy (non-hydrogen) atoms. The first-order valence-electron chi connectivity index (χ1n) is 7.82. The van der Waals surface area contributed by atoms with Crippen molar-refractivity contribution in [2.45, 2.75) is 38.3 Å². The van der Waals surface area contributed by atoms with Gasteiger partial charge in [-0.2, -0.15) is 0 Å². The standard InChI is InChI=1S/C14H26N4O4S/c1-14(2)12(19)18(13(20)15-14)10-9-17-7-5-11(6-8-17)16(3)23(4,21)22/h11H,5-10H2,1-4H3,(H,15,20). The molecule has 2 heterocycles. The van der Waals surface area contributed by atoms with E-state index >= 15 is 0 Å². The van der Waals surface area contributed by atoms with Crippen LogP contribution in [0, 0.1) is 0 Å². The van der Waals surface area contributed by atoms with Gasteiger partial charge in [-0.1, -0.05) is 0 Å². The van der Waals surface area contributed by atoms with Gasteiger partial charge >= 0.3 is 6.03 Å². The Bertz CT molecular complexity index is 582. The molecule has 132 valence electrons. The van der Waals surface area contributed by atoms with Crippen LogP contribution in [0.4, 0.5) is 4.79 Å². The molecule has 0 aromatic carbocycles. The normalized spacial score (nSPS) is 23.6. The summed E-state index contributed by atoms with van der Waals surface area (Å²) in [6.07, 6.45) is 2.74. The first-order valence-corrected chi connectivity index (χ1v) is 9.66. The van der Waals surface area contributed by atoms with Crippen LogP contribution in [0.2, 0.25) is 0 Å². The van der Waals surface area contributed by atoms with E-state index in [0.717, 1.165) is 25.9 Å². The second kappa shape index (κ2) is 6.37. The van der Waals surface area contributed by atoms with Crippen LogP contribution >= 0.6 is 0 Å². The highest BCUT2D eigenvalue weighted by atomic mass is 32.2. The Hall–Kier alpha value is -1.19. The summed E-state index contributed by atoms with van der Waals surface area (Å²) in [6.45, 7) is 5.89. The molecule has 2 rings (SSSR count). The van der Waals surface area contributed by atoms with Crippen molar-refractivity contribution in [2.75, 3.05) is 39.5 Å². The second-order valence-corrected chi connectivity index (χ2v) is 8.91. The molecule has 1 N–H and O–H groups in total. The smallest absolute Gasteiger partial charge is 0.324 e. The molecule has 0 aromatic rings. The zero-order valence-corrected chi connectivity index (χ0v) is 15.0. The molecule has 2 aliphatic heterocycles. The average Bonchev–Trinajstić information content (AvgIpc) is 2.64. The summed E-state index contributed by atoms with van der Waals surface area (Å²) < 4.78 is 24.6. The lowest BCUT2D eigenvalue weighted by molar-refractivity contribution is -0.130. The van der Waals surface area contributed by atoms with E-state index in [4.69, 9.17) is 0 Å². The minimum atomic E-state index is -3.16. The first-order chi connectivity index (χ1) is 10.5. The van der Waals surface area contributed by atoms with Gasteiger partial charge in [0.15, 0.2) is 0 Å². The van der Waals surface area contributed by atoms with Crippen LogP contribution in [-0.4, -0.2) is 85.5 Å². The molecule has 0 aliphatic carbocycles. The summed E-state index contributed by atoms with van der Waals surface area (Å²) in [5, 5.41) is 2.66. The Kier molecular flexibility index (Phi) is 5.03. The zero-order valence-electron chi connectivity index (χ0n) is 14.2. The van der Waals surface area contributed by atoms with E-state index in [1.807, 2.05) is 0 Å². The molecule has 0 spiro atoms. The highest BCUT2D eigenvalue weighted by molar-refractivity contribution is 7.88. The van der Waals surface area contributed by atoms with Crippen LogP contribution in [0.1, 0.15) is 26.7 Å². The van der Waals surface area contributed by atoms with E-state index in [1.54, 1.807) is 20.9 Å². The quantitative estimate of drug-likeness (QED) is 0.689. The van der Waals surface area contributed by atoms with Crippen molar-refractivity contribution in [3.05, 3.63) is 0 Å². The fourth-order valence-corrected chi connectivity index (χ4v) is 3.79. The van der Waals surface area contributed by atoms with Crippen LogP contribution in [0.3, 0.4) is 0 Å². The van der Waals surface area contributed by atoms with Gasteiger partial charge in [0.05, 0.1) is 6.26 Å². The van der Waals surface area contributed by atoms with E-state index < -0.39 is 15.6 Å². The number of urea groups is 1. The number of carbonyl (C=O) groups excluding carboxylic acids is 2. The molecule has 2 aliphatic rings. The summed E-state index contributed by atoms with van der Waals surface area (Å²) >= 11 is 0. The van der Waals surface area contributed by atoms with Crippen LogP contribution in [-0.2, 0) is 14.8 Å². The molecule has 2 fully saturated rings. The molecule has 3 amide bonds. The minimum absolute atomic E-state index is 0.0249. The lowest BCUT2D eigenvalue weighted by Gasteiger charge is -2.36. The number of nitrogens with one attached hydrogen (secondary N) is 1. The largest absolute Gasteiger partial charge is 0.325 e. The van der Waals surface area contributed by atoms with Crippen molar-refractivity contribution < 1.29 is 18.0 Å². The lowest BCUT2D eigenvalue weighted by Crippen LogP contribution is -2.47. The maximum Gasteiger partial charge on any atom is 0.325 e. The molecule has 0 aromatic heterocycles. The number of hydrogen-bond acceptors (Lipinski definition) is 5. The van der Waals surface area contributed by atoms with Gasteiger partial charge in [-0.25, -0.2) is 17.5 Å². The molecule has 0 unspecified atom stereocenters. The molecule has 0 saturated carbocycles. The molecular formula is C14H26N4O4S. The minimum Gasteiger partial charge on any atom is -0.324 e. The summed E-state index contributed by atoms with van der Waals surface area (Å²) in [5.74, 6) is -0.200. The Labute approximate surface area is 137 Å². The third-order valence-electron chi connectivity index (χ3n) is 4.68. The number of hydrogen-bond donors (Lipinski definition) is 1. The van der Waals surface area contributed by atoms with Crippen molar-refractivity contribution in [1.29, 1.82) is 0 Å². The molecule has 2 saturated heterocycles. The topological polar surface area (TPSA) is 90.0 Å². The van der Waals surface area contributed by atoms with Crippen molar-refractivity contribution >= 4 is 22.0 Å². The van der Waals surface area contributed by atoms with Crippen LogP contribution in [0.25, 0.3) is 0 Å². The van der Waals surface area contributed by atoms with Crippen LogP contribution in [0.5, 0.6) is 0 Å². The predicted molar refractivity (Wildman–Crippen MR) is 86.4 cm³/mol. The van der Waals surface area contributed by atoms with Crippen molar-refractivity contribution in [2.24, 2.45) is 0 Å². The van der Waals surface area contributed by atoms with Crippen LogP contribution < -0.4 is 5.32 Å². The number of amides is 3. The van der Waals surface area contributed by atoms with Gasteiger partial charge in [0.2, 0.25) is 10.0 Å². The van der Waals surface area contributed by atoms with Gasteiger partial charge in [-0.15, -0.1) is 0 Å². The average molecular weight is 346 g/mol. The lowest BCUT2D eigenvalue weighted by atomic mass is 10.1. The van der Waals surface area contributed by atoms with Crippen molar-refractivity contribution in [3.8, 4) is 0 Å². The Balaban J connectivity index is 1.82. The van der Waals surface area contributed by atoms with Crippen molar-refractivity contribution in [1.82, 2.24) is 19.4 Å².